The third kappa shape index (κ3) is 4.24. The van der Waals surface area contributed by atoms with Crippen LogP contribution in [0.15, 0.2) is 54.6 Å². The molecule has 5 atom stereocenters. The molecule has 0 radical (unpaired) electrons. The van der Waals surface area contributed by atoms with E-state index in [9.17, 15) is 51.1 Å². The standard InChI is InChI=1S/C30H26O12/c31-13-7-19(36)24-23(8-13)42-30(12-2-4-16(33)18(35)6-12)28(40)26(24)25-20(37)10-22-14(27(25)39)9-21(38)29(41-22)11-1-3-15(32)17(34)5-11/h1-8,10,21,26,28-40H,9H2/t21-,26+,28+,29-,30-/m1/s1. The first-order valence-electron chi connectivity index (χ1n) is 12.8. The molecule has 2 heterocycles. The Morgan fingerprint density at radius 1 is 0.548 bits per heavy atom. The molecule has 4 aromatic carbocycles. The molecule has 0 bridgehead atoms. The number of aliphatic hydroxyl groups excluding tert-OH is 2. The number of benzene rings is 4. The lowest BCUT2D eigenvalue weighted by atomic mass is 9.77. The van der Waals surface area contributed by atoms with Gasteiger partial charge in [0.2, 0.25) is 0 Å². The minimum absolute atomic E-state index is 0.00771. The maximum atomic E-state index is 11.6. The Morgan fingerprint density at radius 3 is 1.74 bits per heavy atom. The lowest BCUT2D eigenvalue weighted by Gasteiger charge is -2.39. The molecule has 4 aromatic rings. The first kappa shape index (κ1) is 27.0. The predicted octanol–water partition coefficient (Wildman–Crippen LogP) is 3.00. The van der Waals surface area contributed by atoms with Crippen LogP contribution in [-0.4, -0.2) is 63.3 Å². The molecule has 0 spiro atoms. The van der Waals surface area contributed by atoms with E-state index in [1.54, 1.807) is 0 Å². The maximum absolute atomic E-state index is 11.6. The summed E-state index contributed by atoms with van der Waals surface area (Å²) in [6.07, 6.45) is -5.31. The number of aliphatic hydroxyl groups is 2. The highest BCUT2D eigenvalue weighted by Crippen LogP contribution is 2.56. The Hall–Kier alpha value is -5.20. The van der Waals surface area contributed by atoms with Crippen molar-refractivity contribution >= 4 is 0 Å². The molecule has 12 heteroatoms. The summed E-state index contributed by atoms with van der Waals surface area (Å²) in [6, 6.07) is 11.0. The fourth-order valence-electron chi connectivity index (χ4n) is 5.70. The average Bonchev–Trinajstić information content (AvgIpc) is 2.93. The van der Waals surface area contributed by atoms with Gasteiger partial charge in [-0.25, -0.2) is 0 Å². The fourth-order valence-corrected chi connectivity index (χ4v) is 5.70. The molecule has 0 aromatic heterocycles. The van der Waals surface area contributed by atoms with Crippen LogP contribution in [0.5, 0.6) is 57.5 Å². The van der Waals surface area contributed by atoms with Crippen LogP contribution in [0.3, 0.4) is 0 Å². The molecule has 42 heavy (non-hydrogen) atoms. The Balaban J connectivity index is 1.47. The lowest BCUT2D eigenvalue weighted by Crippen LogP contribution is -2.35. The van der Waals surface area contributed by atoms with E-state index in [2.05, 4.69) is 0 Å². The molecule has 2 aliphatic heterocycles. The summed E-state index contributed by atoms with van der Waals surface area (Å²) in [4.78, 5) is 0. The van der Waals surface area contributed by atoms with Crippen LogP contribution in [-0.2, 0) is 6.42 Å². The Labute approximate surface area is 237 Å². The average molecular weight is 579 g/mol. The van der Waals surface area contributed by atoms with Crippen LogP contribution < -0.4 is 9.47 Å². The number of ether oxygens (including phenoxy) is 2. The largest absolute Gasteiger partial charge is 0.508 e. The topological polar surface area (TPSA) is 221 Å². The van der Waals surface area contributed by atoms with Gasteiger partial charge in [-0.15, -0.1) is 0 Å². The van der Waals surface area contributed by atoms with Gasteiger partial charge in [0.05, 0.1) is 12.0 Å². The van der Waals surface area contributed by atoms with E-state index in [-0.39, 0.29) is 51.7 Å². The zero-order valence-corrected chi connectivity index (χ0v) is 21.6. The van der Waals surface area contributed by atoms with Crippen molar-refractivity contribution in [2.24, 2.45) is 0 Å². The number of phenolic OH excluding ortho intramolecular Hbond substituents is 8. The second-order valence-corrected chi connectivity index (χ2v) is 10.3. The Kier molecular flexibility index (Phi) is 6.24. The van der Waals surface area contributed by atoms with Crippen LogP contribution in [0.25, 0.3) is 0 Å². The van der Waals surface area contributed by atoms with E-state index in [1.165, 1.54) is 42.5 Å². The monoisotopic (exact) mass is 578 g/mol. The van der Waals surface area contributed by atoms with Crippen molar-refractivity contribution in [3.8, 4) is 57.5 Å². The number of aromatic hydroxyl groups is 8. The van der Waals surface area contributed by atoms with Gasteiger partial charge in [-0.1, -0.05) is 12.1 Å². The van der Waals surface area contributed by atoms with Gasteiger partial charge < -0.3 is 60.5 Å². The first-order valence-corrected chi connectivity index (χ1v) is 12.8. The molecule has 2 aliphatic rings. The van der Waals surface area contributed by atoms with Crippen molar-refractivity contribution in [1.82, 2.24) is 0 Å². The van der Waals surface area contributed by atoms with Gasteiger partial charge >= 0.3 is 0 Å². The normalized spacial score (nSPS) is 22.9. The highest BCUT2D eigenvalue weighted by Gasteiger charge is 2.45. The van der Waals surface area contributed by atoms with Crippen molar-refractivity contribution < 1.29 is 60.5 Å². The fraction of sp³-hybridized carbons (Fsp3) is 0.200. The number of hydrogen-bond donors (Lipinski definition) is 10. The van der Waals surface area contributed by atoms with Crippen LogP contribution in [0.2, 0.25) is 0 Å². The first-order chi connectivity index (χ1) is 19.9. The quantitative estimate of drug-likeness (QED) is 0.159. The number of fused-ring (bicyclic) bond motifs is 2. The van der Waals surface area contributed by atoms with Crippen LogP contribution in [0, 0.1) is 0 Å². The van der Waals surface area contributed by atoms with E-state index in [1.807, 2.05) is 0 Å². The molecule has 0 aliphatic carbocycles. The molecule has 12 nitrogen and oxygen atoms in total. The lowest BCUT2D eigenvalue weighted by molar-refractivity contribution is 0.00573. The van der Waals surface area contributed by atoms with Crippen molar-refractivity contribution in [3.05, 3.63) is 82.4 Å². The molecule has 218 valence electrons. The van der Waals surface area contributed by atoms with Gasteiger partial charge in [-0.3, -0.25) is 0 Å². The van der Waals surface area contributed by atoms with E-state index in [0.29, 0.717) is 5.56 Å². The van der Waals surface area contributed by atoms with Crippen LogP contribution >= 0.6 is 0 Å². The van der Waals surface area contributed by atoms with Gasteiger partial charge in [0.15, 0.2) is 29.1 Å². The van der Waals surface area contributed by atoms with E-state index >= 15 is 0 Å². The second kappa shape index (κ2) is 9.72. The van der Waals surface area contributed by atoms with E-state index < -0.39 is 64.8 Å². The number of rotatable bonds is 3. The van der Waals surface area contributed by atoms with Crippen molar-refractivity contribution in [2.75, 3.05) is 0 Å². The molecule has 0 saturated carbocycles. The summed E-state index contributed by atoms with van der Waals surface area (Å²) in [5.41, 5.74) is 0.333. The Morgan fingerprint density at radius 2 is 1.12 bits per heavy atom. The molecular formula is C30H26O12. The Bertz CT molecular complexity index is 1720. The molecular weight excluding hydrogens is 552 g/mol. The summed E-state index contributed by atoms with van der Waals surface area (Å²) in [5.74, 6) is -5.07. The highest BCUT2D eigenvalue weighted by atomic mass is 16.5. The third-order valence-corrected chi connectivity index (χ3v) is 7.69. The van der Waals surface area contributed by atoms with Gasteiger partial charge in [-0.05, 0) is 35.4 Å². The van der Waals surface area contributed by atoms with Crippen molar-refractivity contribution in [1.29, 1.82) is 0 Å². The van der Waals surface area contributed by atoms with Crippen LogP contribution in [0.1, 0.15) is 45.9 Å². The van der Waals surface area contributed by atoms with Gasteiger partial charge in [0.1, 0.15) is 46.7 Å². The molecule has 6 rings (SSSR count). The van der Waals surface area contributed by atoms with Gasteiger partial charge in [-0.2, -0.15) is 0 Å². The summed E-state index contributed by atoms with van der Waals surface area (Å²) < 4.78 is 11.8. The predicted molar refractivity (Wildman–Crippen MR) is 143 cm³/mol. The zero-order valence-electron chi connectivity index (χ0n) is 21.6. The molecule has 0 amide bonds. The van der Waals surface area contributed by atoms with E-state index in [4.69, 9.17) is 9.47 Å². The summed E-state index contributed by atoms with van der Waals surface area (Å²) in [6.45, 7) is 0. The molecule has 0 fully saturated rings. The zero-order chi connectivity index (χ0) is 30.0. The summed E-state index contributed by atoms with van der Waals surface area (Å²) in [7, 11) is 0. The smallest absolute Gasteiger partial charge is 0.157 e. The van der Waals surface area contributed by atoms with Gasteiger partial charge in [0.25, 0.3) is 0 Å². The highest BCUT2D eigenvalue weighted by molar-refractivity contribution is 5.65. The molecule has 10 N–H and O–H groups in total. The minimum atomic E-state index is -1.60. The van der Waals surface area contributed by atoms with Crippen molar-refractivity contribution in [2.45, 2.75) is 36.8 Å². The molecule has 0 saturated heterocycles. The third-order valence-electron chi connectivity index (χ3n) is 7.69. The van der Waals surface area contributed by atoms with Crippen molar-refractivity contribution in [3.63, 3.8) is 0 Å². The SMILES string of the molecule is Oc1cc(O)c2c(c1)O[C@H](c1ccc(O)c(O)c1)[C@@H](O)[C@@H]2c1c(O)cc2c(c1O)C[C@@H](O)[C@@H](c1ccc(O)c(O)c1)O2. The summed E-state index contributed by atoms with van der Waals surface area (Å²) in [5, 5.41) is 105. The second-order valence-electron chi connectivity index (χ2n) is 10.3. The molecule has 0 unspecified atom stereocenters. The van der Waals surface area contributed by atoms with Crippen LogP contribution in [0.4, 0.5) is 0 Å². The summed E-state index contributed by atoms with van der Waals surface area (Å²) >= 11 is 0. The van der Waals surface area contributed by atoms with E-state index in [0.717, 1.165) is 12.1 Å². The minimum Gasteiger partial charge on any atom is -0.508 e. The van der Waals surface area contributed by atoms with Gasteiger partial charge in [0, 0.05) is 41.3 Å². The number of phenols is 8. The number of hydrogen-bond acceptors (Lipinski definition) is 12. The maximum Gasteiger partial charge on any atom is 0.157 e.